The molecule has 0 aliphatic carbocycles. The van der Waals surface area contributed by atoms with Gasteiger partial charge in [-0.3, -0.25) is 9.69 Å². The minimum Gasteiger partial charge on any atom is -0.497 e. The highest BCUT2D eigenvalue weighted by atomic mass is 19.3. The van der Waals surface area contributed by atoms with Gasteiger partial charge in [-0.15, -0.1) is 0 Å². The molecule has 6 heteroatoms. The van der Waals surface area contributed by atoms with Gasteiger partial charge in [-0.1, -0.05) is 30.3 Å². The lowest BCUT2D eigenvalue weighted by Crippen LogP contribution is -2.69. The third-order valence-corrected chi connectivity index (χ3v) is 3.97. The molecule has 0 saturated carbocycles. The number of halogens is 2. The first-order valence-corrected chi connectivity index (χ1v) is 7.52. The van der Waals surface area contributed by atoms with Gasteiger partial charge in [0, 0.05) is 5.69 Å². The summed E-state index contributed by atoms with van der Waals surface area (Å²) < 4.78 is 37.3. The Morgan fingerprint density at radius 3 is 2.33 bits per heavy atom. The smallest absolute Gasteiger partial charge is 0.262 e. The average Bonchev–Trinajstić information content (AvgIpc) is 2.60. The first kappa shape index (κ1) is 16.4. The second-order valence-corrected chi connectivity index (χ2v) is 5.45. The molecule has 1 fully saturated rings. The largest absolute Gasteiger partial charge is 0.497 e. The van der Waals surface area contributed by atoms with Crippen LogP contribution in [0.5, 0.6) is 5.75 Å². The fourth-order valence-electron chi connectivity index (χ4n) is 2.70. The van der Waals surface area contributed by atoms with Gasteiger partial charge in [0.25, 0.3) is 12.3 Å². The number of carbonyl (C=O) groups excluding carboxylic acids is 1. The molecule has 24 heavy (non-hydrogen) atoms. The normalized spacial score (nSPS) is 20.2. The Bertz CT molecular complexity index is 691. The molecule has 0 unspecified atom stereocenters. The number of nitrogens with zero attached hydrogens (tertiary/aromatic N) is 1. The van der Waals surface area contributed by atoms with Gasteiger partial charge >= 0.3 is 0 Å². The van der Waals surface area contributed by atoms with Gasteiger partial charge in [0.1, 0.15) is 11.8 Å². The van der Waals surface area contributed by atoms with Crippen molar-refractivity contribution in [2.45, 2.75) is 25.2 Å². The van der Waals surface area contributed by atoms with E-state index in [0.29, 0.717) is 11.4 Å². The number of benzene rings is 2. The van der Waals surface area contributed by atoms with Crippen LogP contribution in [0.15, 0.2) is 54.6 Å². The maximum absolute atomic E-state index is 13.4. The Morgan fingerprint density at radius 2 is 1.75 bits per heavy atom. The Hall–Kier alpha value is -2.47. The van der Waals surface area contributed by atoms with E-state index in [1.165, 1.54) is 7.11 Å². The fourth-order valence-corrected chi connectivity index (χ4v) is 2.70. The van der Waals surface area contributed by atoms with Crippen LogP contribution in [0.1, 0.15) is 5.56 Å². The molecule has 0 radical (unpaired) electrons. The predicted molar refractivity (Wildman–Crippen MR) is 85.3 cm³/mol. The monoisotopic (exact) mass is 333 g/mol. The second-order valence-electron chi connectivity index (χ2n) is 5.45. The first-order chi connectivity index (χ1) is 11.6. The molecule has 0 aromatic heterocycles. The summed E-state index contributed by atoms with van der Waals surface area (Å²) in [5, 5.41) is 0. The van der Waals surface area contributed by atoms with E-state index in [2.05, 4.69) is 0 Å². The summed E-state index contributed by atoms with van der Waals surface area (Å²) >= 11 is 0. The summed E-state index contributed by atoms with van der Waals surface area (Å²) in [7, 11) is 1.51. The van der Waals surface area contributed by atoms with E-state index in [1.54, 1.807) is 24.3 Å². The summed E-state index contributed by atoms with van der Waals surface area (Å²) in [6.07, 6.45) is -3.82. The number of alkyl halides is 2. The van der Waals surface area contributed by atoms with Crippen molar-refractivity contribution in [1.29, 1.82) is 0 Å². The molecule has 2 aromatic carbocycles. The van der Waals surface area contributed by atoms with Crippen LogP contribution in [0.3, 0.4) is 0 Å². The molecule has 0 spiro atoms. The minimum absolute atomic E-state index is 0.122. The van der Waals surface area contributed by atoms with Gasteiger partial charge in [0.05, 0.1) is 13.7 Å². The lowest BCUT2D eigenvalue weighted by atomic mass is 9.96. The SMILES string of the molecule is COc1ccc(N2C(=O)[C@@H](OCc3ccccc3)[C@H]2C(F)F)cc1. The molecule has 1 aliphatic rings. The predicted octanol–water partition coefficient (Wildman–Crippen LogP) is 3.26. The molecule has 3 rings (SSSR count). The number of rotatable bonds is 6. The van der Waals surface area contributed by atoms with Crippen molar-refractivity contribution >= 4 is 11.6 Å². The maximum Gasteiger partial charge on any atom is 0.262 e. The molecule has 1 amide bonds. The van der Waals surface area contributed by atoms with E-state index in [1.807, 2.05) is 30.3 Å². The first-order valence-electron chi connectivity index (χ1n) is 7.52. The van der Waals surface area contributed by atoms with Gasteiger partial charge in [-0.05, 0) is 29.8 Å². The average molecular weight is 333 g/mol. The van der Waals surface area contributed by atoms with E-state index >= 15 is 0 Å². The number of carbonyl (C=O) groups is 1. The van der Waals surface area contributed by atoms with E-state index in [-0.39, 0.29) is 6.61 Å². The molecule has 0 bridgehead atoms. The second kappa shape index (κ2) is 6.97. The van der Waals surface area contributed by atoms with Gasteiger partial charge in [-0.2, -0.15) is 0 Å². The molecule has 4 nitrogen and oxygen atoms in total. The van der Waals surface area contributed by atoms with Crippen LogP contribution in [0.2, 0.25) is 0 Å². The van der Waals surface area contributed by atoms with Crippen molar-refractivity contribution in [3.8, 4) is 5.75 Å². The highest BCUT2D eigenvalue weighted by Crippen LogP contribution is 2.34. The van der Waals surface area contributed by atoms with Gasteiger partial charge in [-0.25, -0.2) is 8.78 Å². The molecular weight excluding hydrogens is 316 g/mol. The number of methoxy groups -OCH3 is 1. The van der Waals surface area contributed by atoms with Crippen molar-refractivity contribution in [1.82, 2.24) is 0 Å². The van der Waals surface area contributed by atoms with Crippen LogP contribution < -0.4 is 9.64 Å². The molecule has 2 atom stereocenters. The van der Waals surface area contributed by atoms with Crippen molar-refractivity contribution < 1.29 is 23.0 Å². The molecule has 1 aliphatic heterocycles. The van der Waals surface area contributed by atoms with Crippen LogP contribution in [0.4, 0.5) is 14.5 Å². The van der Waals surface area contributed by atoms with E-state index in [0.717, 1.165) is 10.5 Å². The van der Waals surface area contributed by atoms with Crippen LogP contribution >= 0.6 is 0 Å². The summed E-state index contributed by atoms with van der Waals surface area (Å²) in [5.74, 6) is 0.138. The summed E-state index contributed by atoms with van der Waals surface area (Å²) in [6, 6.07) is 14.3. The molecule has 2 aromatic rings. The van der Waals surface area contributed by atoms with Crippen molar-refractivity contribution in [3.63, 3.8) is 0 Å². The maximum atomic E-state index is 13.4. The number of amides is 1. The standard InChI is InChI=1S/C18H17F2NO3/c1-23-14-9-7-13(8-10-14)21-15(17(19)20)16(18(21)22)24-11-12-5-3-2-4-6-12/h2-10,15-17H,11H2,1H3/t15-,16-/m0/s1. The number of β-lactam (4-membered cyclic amide) rings is 1. The number of hydrogen-bond donors (Lipinski definition) is 0. The number of hydrogen-bond acceptors (Lipinski definition) is 3. The Balaban J connectivity index is 1.72. The summed E-state index contributed by atoms with van der Waals surface area (Å²) in [6.45, 7) is 0.122. The zero-order valence-electron chi connectivity index (χ0n) is 13.1. The fraction of sp³-hybridized carbons (Fsp3) is 0.278. The van der Waals surface area contributed by atoms with Crippen molar-refractivity contribution in [3.05, 3.63) is 60.2 Å². The van der Waals surface area contributed by atoms with Crippen LogP contribution in [-0.2, 0) is 16.1 Å². The van der Waals surface area contributed by atoms with Crippen LogP contribution in [0, 0.1) is 0 Å². The topological polar surface area (TPSA) is 38.8 Å². The zero-order chi connectivity index (χ0) is 17.1. The van der Waals surface area contributed by atoms with E-state index < -0.39 is 24.5 Å². The van der Waals surface area contributed by atoms with Crippen molar-refractivity contribution in [2.24, 2.45) is 0 Å². The van der Waals surface area contributed by atoms with Gasteiger partial charge in [0.2, 0.25) is 0 Å². The Labute approximate surface area is 138 Å². The Morgan fingerprint density at radius 1 is 1.08 bits per heavy atom. The van der Waals surface area contributed by atoms with Gasteiger partial charge < -0.3 is 9.47 Å². The number of anilines is 1. The van der Waals surface area contributed by atoms with Crippen molar-refractivity contribution in [2.75, 3.05) is 12.0 Å². The highest BCUT2D eigenvalue weighted by molar-refractivity contribution is 6.05. The zero-order valence-corrected chi connectivity index (χ0v) is 13.1. The molecular formula is C18H17F2NO3. The highest BCUT2D eigenvalue weighted by Gasteiger charge is 2.53. The minimum atomic E-state index is -2.69. The van der Waals surface area contributed by atoms with Gasteiger partial charge in [0.15, 0.2) is 6.10 Å². The van der Waals surface area contributed by atoms with E-state index in [9.17, 15) is 13.6 Å². The summed E-state index contributed by atoms with van der Waals surface area (Å²) in [5.41, 5.74) is 1.24. The quantitative estimate of drug-likeness (QED) is 0.762. The third-order valence-electron chi connectivity index (χ3n) is 3.97. The number of ether oxygens (including phenoxy) is 2. The summed E-state index contributed by atoms with van der Waals surface area (Å²) in [4.78, 5) is 13.4. The molecule has 0 N–H and O–H groups in total. The van der Waals surface area contributed by atoms with Crippen LogP contribution in [0.25, 0.3) is 0 Å². The Kier molecular flexibility index (Phi) is 4.76. The molecule has 1 saturated heterocycles. The third kappa shape index (κ3) is 3.10. The van der Waals surface area contributed by atoms with Crippen LogP contribution in [-0.4, -0.2) is 31.6 Å². The molecule has 126 valence electrons. The lowest BCUT2D eigenvalue weighted by molar-refractivity contribution is -0.150. The molecule has 1 heterocycles. The van der Waals surface area contributed by atoms with E-state index in [4.69, 9.17) is 9.47 Å². The lowest BCUT2D eigenvalue weighted by Gasteiger charge is -2.45.